The Morgan fingerprint density at radius 2 is 2.05 bits per heavy atom. The lowest BCUT2D eigenvalue weighted by Gasteiger charge is -2.10. The van der Waals surface area contributed by atoms with Crippen molar-refractivity contribution in [3.05, 3.63) is 35.7 Å². The fourth-order valence-electron chi connectivity index (χ4n) is 2.16. The molecule has 98 valence electrons. The number of anilines is 1. The summed E-state index contributed by atoms with van der Waals surface area (Å²) in [7, 11) is 0. The molecule has 0 aliphatic carbocycles. The van der Waals surface area contributed by atoms with Gasteiger partial charge in [-0.1, -0.05) is 32.0 Å². The zero-order chi connectivity index (χ0) is 14.0. The second kappa shape index (κ2) is 5.15. The van der Waals surface area contributed by atoms with Crippen LogP contribution in [0, 0.1) is 24.2 Å². The average Bonchev–Trinajstić information content (AvgIpc) is 2.66. The Bertz CT molecular complexity index is 632. The number of aryl methyl sites for hydroxylation is 1. The Labute approximate surface area is 113 Å². The Morgan fingerprint density at radius 3 is 2.68 bits per heavy atom. The van der Waals surface area contributed by atoms with Crippen molar-refractivity contribution in [3.63, 3.8) is 0 Å². The van der Waals surface area contributed by atoms with Crippen LogP contribution in [0.4, 0.5) is 5.82 Å². The average molecular weight is 254 g/mol. The predicted molar refractivity (Wildman–Crippen MR) is 76.4 cm³/mol. The number of hydrogen-bond acceptors (Lipinski definition) is 3. The van der Waals surface area contributed by atoms with E-state index >= 15 is 0 Å². The molecule has 0 amide bonds. The van der Waals surface area contributed by atoms with Crippen LogP contribution in [0.25, 0.3) is 11.3 Å². The normalized spacial score (nSPS) is 10.7. The van der Waals surface area contributed by atoms with Crippen molar-refractivity contribution >= 4 is 5.82 Å². The molecule has 1 heterocycles. The molecule has 2 rings (SSSR count). The first-order valence-electron chi connectivity index (χ1n) is 6.36. The number of rotatable bonds is 3. The summed E-state index contributed by atoms with van der Waals surface area (Å²) in [5, 5.41) is 9.17. The molecule has 0 bridgehead atoms. The van der Waals surface area contributed by atoms with E-state index < -0.39 is 0 Å². The summed E-state index contributed by atoms with van der Waals surface area (Å²) in [5.74, 6) is 2.01. The van der Waals surface area contributed by atoms with E-state index in [1.807, 2.05) is 29.7 Å². The molecule has 0 aliphatic heterocycles. The molecule has 4 heteroatoms. The summed E-state index contributed by atoms with van der Waals surface area (Å²) >= 11 is 0. The molecule has 0 radical (unpaired) electrons. The molecule has 0 atom stereocenters. The van der Waals surface area contributed by atoms with Gasteiger partial charge in [0.15, 0.2) is 0 Å². The standard InChI is InChI=1S/C15H18N4/c1-10(2)9-19-11(3)18-14(15(19)17)13-7-5-4-6-12(13)8-16/h4-7,10H,9,17H2,1-3H3. The number of benzene rings is 1. The first-order valence-corrected chi connectivity index (χ1v) is 6.36. The Balaban J connectivity index is 2.56. The molecular weight excluding hydrogens is 236 g/mol. The maximum atomic E-state index is 9.17. The Hall–Kier alpha value is -2.28. The van der Waals surface area contributed by atoms with Gasteiger partial charge in [0.25, 0.3) is 0 Å². The summed E-state index contributed by atoms with van der Waals surface area (Å²) in [6.07, 6.45) is 0. The van der Waals surface area contributed by atoms with Gasteiger partial charge < -0.3 is 10.3 Å². The van der Waals surface area contributed by atoms with Gasteiger partial charge in [0.1, 0.15) is 17.3 Å². The Morgan fingerprint density at radius 1 is 1.37 bits per heavy atom. The molecule has 0 saturated heterocycles. The minimum absolute atomic E-state index is 0.495. The molecule has 0 fully saturated rings. The van der Waals surface area contributed by atoms with E-state index in [1.165, 1.54) is 0 Å². The van der Waals surface area contributed by atoms with E-state index in [2.05, 4.69) is 24.9 Å². The number of nitrogens with zero attached hydrogens (tertiary/aromatic N) is 3. The SMILES string of the molecule is Cc1nc(-c2ccccc2C#N)c(N)n1CC(C)C. The van der Waals surface area contributed by atoms with Gasteiger partial charge >= 0.3 is 0 Å². The van der Waals surface area contributed by atoms with Crippen LogP contribution in [0.15, 0.2) is 24.3 Å². The molecule has 19 heavy (non-hydrogen) atoms. The van der Waals surface area contributed by atoms with Crippen molar-refractivity contribution in [2.45, 2.75) is 27.3 Å². The molecule has 0 spiro atoms. The molecule has 0 unspecified atom stereocenters. The highest BCUT2D eigenvalue weighted by Gasteiger charge is 2.16. The summed E-state index contributed by atoms with van der Waals surface area (Å²) < 4.78 is 2.01. The van der Waals surface area contributed by atoms with E-state index in [1.54, 1.807) is 6.07 Å². The van der Waals surface area contributed by atoms with Crippen LogP contribution in [-0.2, 0) is 6.54 Å². The van der Waals surface area contributed by atoms with E-state index in [9.17, 15) is 0 Å². The second-order valence-electron chi connectivity index (χ2n) is 5.05. The molecule has 4 nitrogen and oxygen atoms in total. The Kier molecular flexibility index (Phi) is 3.57. The van der Waals surface area contributed by atoms with Gasteiger partial charge in [-0.15, -0.1) is 0 Å². The highest BCUT2D eigenvalue weighted by Crippen LogP contribution is 2.29. The highest BCUT2D eigenvalue weighted by molar-refractivity contribution is 5.75. The van der Waals surface area contributed by atoms with E-state index in [0.717, 1.165) is 17.9 Å². The predicted octanol–water partition coefficient (Wildman–Crippen LogP) is 2.97. The van der Waals surface area contributed by atoms with Crippen molar-refractivity contribution in [2.75, 3.05) is 5.73 Å². The van der Waals surface area contributed by atoms with Gasteiger partial charge in [-0.25, -0.2) is 4.98 Å². The minimum atomic E-state index is 0.495. The lowest BCUT2D eigenvalue weighted by atomic mass is 10.1. The van der Waals surface area contributed by atoms with Crippen LogP contribution in [0.1, 0.15) is 25.2 Å². The molecular formula is C15H18N4. The monoisotopic (exact) mass is 254 g/mol. The molecule has 1 aromatic heterocycles. The van der Waals surface area contributed by atoms with Gasteiger partial charge in [-0.3, -0.25) is 0 Å². The van der Waals surface area contributed by atoms with Gasteiger partial charge in [0.05, 0.1) is 11.6 Å². The topological polar surface area (TPSA) is 67.6 Å². The number of nitriles is 1. The maximum Gasteiger partial charge on any atom is 0.131 e. The minimum Gasteiger partial charge on any atom is -0.383 e. The first-order chi connectivity index (χ1) is 9.04. The molecule has 0 aliphatic rings. The fraction of sp³-hybridized carbons (Fsp3) is 0.333. The van der Waals surface area contributed by atoms with Crippen molar-refractivity contribution in [1.82, 2.24) is 9.55 Å². The molecule has 0 saturated carbocycles. The zero-order valence-electron chi connectivity index (χ0n) is 11.5. The lowest BCUT2D eigenvalue weighted by Crippen LogP contribution is -2.09. The summed E-state index contributed by atoms with van der Waals surface area (Å²) in [6, 6.07) is 9.59. The van der Waals surface area contributed by atoms with E-state index in [-0.39, 0.29) is 0 Å². The largest absolute Gasteiger partial charge is 0.383 e. The van der Waals surface area contributed by atoms with Crippen molar-refractivity contribution in [1.29, 1.82) is 5.26 Å². The van der Waals surface area contributed by atoms with Crippen LogP contribution in [0.2, 0.25) is 0 Å². The van der Waals surface area contributed by atoms with Crippen molar-refractivity contribution in [2.24, 2.45) is 5.92 Å². The van der Waals surface area contributed by atoms with Crippen LogP contribution in [0.5, 0.6) is 0 Å². The number of nitrogen functional groups attached to an aromatic ring is 1. The lowest BCUT2D eigenvalue weighted by molar-refractivity contribution is 0.518. The zero-order valence-corrected chi connectivity index (χ0v) is 11.5. The first kappa shape index (κ1) is 13.2. The third-order valence-electron chi connectivity index (χ3n) is 3.05. The van der Waals surface area contributed by atoms with Crippen LogP contribution < -0.4 is 5.73 Å². The highest BCUT2D eigenvalue weighted by atomic mass is 15.1. The maximum absolute atomic E-state index is 9.17. The summed E-state index contributed by atoms with van der Waals surface area (Å²) in [4.78, 5) is 4.53. The summed E-state index contributed by atoms with van der Waals surface area (Å²) in [6.45, 7) is 7.06. The van der Waals surface area contributed by atoms with Crippen LogP contribution in [0.3, 0.4) is 0 Å². The summed E-state index contributed by atoms with van der Waals surface area (Å²) in [5.41, 5.74) is 8.30. The quantitative estimate of drug-likeness (QED) is 0.915. The number of imidazole rings is 1. The third kappa shape index (κ3) is 2.45. The van der Waals surface area contributed by atoms with E-state index in [0.29, 0.717) is 23.0 Å². The second-order valence-corrected chi connectivity index (χ2v) is 5.05. The number of nitrogens with two attached hydrogens (primary N) is 1. The van der Waals surface area contributed by atoms with Crippen LogP contribution in [-0.4, -0.2) is 9.55 Å². The number of aromatic nitrogens is 2. The molecule has 2 N–H and O–H groups in total. The van der Waals surface area contributed by atoms with E-state index in [4.69, 9.17) is 11.0 Å². The van der Waals surface area contributed by atoms with Gasteiger partial charge in [0, 0.05) is 12.1 Å². The van der Waals surface area contributed by atoms with Gasteiger partial charge in [0.2, 0.25) is 0 Å². The number of hydrogen-bond donors (Lipinski definition) is 1. The van der Waals surface area contributed by atoms with Crippen molar-refractivity contribution in [3.8, 4) is 17.3 Å². The van der Waals surface area contributed by atoms with Gasteiger partial charge in [-0.2, -0.15) is 5.26 Å². The van der Waals surface area contributed by atoms with Gasteiger partial charge in [-0.05, 0) is 18.9 Å². The smallest absolute Gasteiger partial charge is 0.131 e. The fourth-order valence-corrected chi connectivity index (χ4v) is 2.16. The third-order valence-corrected chi connectivity index (χ3v) is 3.05. The molecule has 2 aromatic rings. The molecule has 1 aromatic carbocycles. The van der Waals surface area contributed by atoms with Crippen molar-refractivity contribution < 1.29 is 0 Å². The van der Waals surface area contributed by atoms with Crippen LogP contribution >= 0.6 is 0 Å².